The Bertz CT molecular complexity index is 601. The van der Waals surface area contributed by atoms with Crippen LogP contribution in [0.1, 0.15) is 29.5 Å². The van der Waals surface area contributed by atoms with E-state index < -0.39 is 18.2 Å². The van der Waals surface area contributed by atoms with Crippen molar-refractivity contribution < 1.29 is 18.3 Å². The molecule has 1 aromatic carbocycles. The second-order valence-electron chi connectivity index (χ2n) is 3.99. The Morgan fingerprint density at radius 3 is 3.00 bits per heavy atom. The first-order valence-corrected chi connectivity index (χ1v) is 7.30. The molecule has 0 amide bonds. The number of fused-ring (bicyclic) bond motifs is 1. The molecule has 0 aliphatic rings. The van der Waals surface area contributed by atoms with Gasteiger partial charge in [0.2, 0.25) is 0 Å². The normalized spacial score (nSPS) is 11.2. The summed E-state index contributed by atoms with van der Waals surface area (Å²) >= 11 is 1.68. The summed E-state index contributed by atoms with van der Waals surface area (Å²) in [5.41, 5.74) is 1.12. The van der Waals surface area contributed by atoms with Gasteiger partial charge in [0.1, 0.15) is 6.61 Å². The average Bonchev–Trinajstić information content (AvgIpc) is 2.86. The number of rotatable bonds is 6. The second kappa shape index (κ2) is 6.69. The summed E-state index contributed by atoms with van der Waals surface area (Å²) in [5.74, 6) is 0.847. The number of hydrogen-bond acceptors (Lipinski definition) is 4. The van der Waals surface area contributed by atoms with E-state index in [9.17, 15) is 13.6 Å². The number of H-pyrrole nitrogens is 1. The third kappa shape index (κ3) is 3.47. The van der Waals surface area contributed by atoms with Crippen molar-refractivity contribution in [3.63, 3.8) is 0 Å². The number of aromatic nitrogens is 2. The molecule has 20 heavy (non-hydrogen) atoms. The summed E-state index contributed by atoms with van der Waals surface area (Å²) < 4.78 is 30.1. The van der Waals surface area contributed by atoms with Gasteiger partial charge in [-0.3, -0.25) is 0 Å². The van der Waals surface area contributed by atoms with E-state index in [4.69, 9.17) is 4.74 Å². The molecule has 0 aliphatic heterocycles. The summed E-state index contributed by atoms with van der Waals surface area (Å²) in [4.78, 5) is 18.0. The Kier molecular flexibility index (Phi) is 4.94. The van der Waals surface area contributed by atoms with E-state index >= 15 is 0 Å². The maximum atomic E-state index is 12.5. The minimum absolute atomic E-state index is 0.323. The van der Waals surface area contributed by atoms with Crippen LogP contribution in [0.5, 0.6) is 0 Å². The number of esters is 1. The number of hydrogen-bond donors (Lipinski definition) is 1. The number of imidazole rings is 1. The van der Waals surface area contributed by atoms with Gasteiger partial charge >= 0.3 is 5.97 Å². The molecule has 0 spiro atoms. The number of halogens is 2. The van der Waals surface area contributed by atoms with E-state index in [0.29, 0.717) is 23.2 Å². The van der Waals surface area contributed by atoms with Crippen molar-refractivity contribution >= 4 is 28.8 Å². The molecule has 0 bridgehead atoms. The number of nitrogens with one attached hydrogen (secondary N) is 1. The highest BCUT2D eigenvalue weighted by molar-refractivity contribution is 7.99. The number of ether oxygens (including phenoxy) is 1. The highest BCUT2D eigenvalue weighted by atomic mass is 32.2. The van der Waals surface area contributed by atoms with Crippen molar-refractivity contribution in [2.45, 2.75) is 13.3 Å². The van der Waals surface area contributed by atoms with E-state index in [1.165, 1.54) is 18.2 Å². The molecule has 0 saturated carbocycles. The van der Waals surface area contributed by atoms with Gasteiger partial charge in [0.05, 0.1) is 16.6 Å². The van der Waals surface area contributed by atoms with Gasteiger partial charge in [0.15, 0.2) is 5.82 Å². The van der Waals surface area contributed by atoms with Gasteiger partial charge in [0, 0.05) is 5.75 Å². The number of thioether (sulfide) groups is 1. The molecule has 2 aromatic rings. The molecule has 0 fully saturated rings. The lowest BCUT2D eigenvalue weighted by Crippen LogP contribution is -2.07. The monoisotopic (exact) mass is 300 g/mol. The Balaban J connectivity index is 2.08. The van der Waals surface area contributed by atoms with Crippen LogP contribution >= 0.6 is 11.8 Å². The van der Waals surface area contributed by atoms with Crippen molar-refractivity contribution in [3.05, 3.63) is 29.6 Å². The van der Waals surface area contributed by atoms with Crippen molar-refractivity contribution in [1.82, 2.24) is 9.97 Å². The van der Waals surface area contributed by atoms with E-state index in [1.807, 2.05) is 6.92 Å². The molecule has 2 rings (SSSR count). The fourth-order valence-corrected chi connectivity index (χ4v) is 2.17. The van der Waals surface area contributed by atoms with Crippen molar-refractivity contribution in [1.29, 1.82) is 0 Å². The van der Waals surface area contributed by atoms with Crippen molar-refractivity contribution in [3.8, 4) is 0 Å². The average molecular weight is 300 g/mol. The van der Waals surface area contributed by atoms with Gasteiger partial charge in [-0.1, -0.05) is 6.92 Å². The first kappa shape index (κ1) is 14.8. The highest BCUT2D eigenvalue weighted by Crippen LogP contribution is 2.20. The highest BCUT2D eigenvalue weighted by Gasteiger charge is 2.14. The number of benzene rings is 1. The summed E-state index contributed by atoms with van der Waals surface area (Å²) in [7, 11) is 0. The SMILES string of the molecule is CCSCCOC(=O)c1ccc2nc(C(F)F)[nH]c2c1. The van der Waals surface area contributed by atoms with Crippen LogP contribution in [0.15, 0.2) is 18.2 Å². The number of carbonyl (C=O) groups is 1. The maximum absolute atomic E-state index is 12.5. The summed E-state index contributed by atoms with van der Waals surface area (Å²) in [6, 6.07) is 4.52. The number of aromatic amines is 1. The molecule has 1 N–H and O–H groups in total. The molecule has 0 atom stereocenters. The van der Waals surface area contributed by atoms with Crippen LogP contribution in [-0.2, 0) is 4.74 Å². The van der Waals surface area contributed by atoms with Gasteiger partial charge in [-0.25, -0.2) is 18.6 Å². The lowest BCUT2D eigenvalue weighted by molar-refractivity contribution is 0.0530. The van der Waals surface area contributed by atoms with Crippen LogP contribution in [0.3, 0.4) is 0 Å². The molecule has 0 unspecified atom stereocenters. The van der Waals surface area contributed by atoms with E-state index in [2.05, 4.69) is 9.97 Å². The number of carbonyl (C=O) groups excluding carboxylic acids is 1. The van der Waals surface area contributed by atoms with Gasteiger partial charge in [0.25, 0.3) is 6.43 Å². The number of alkyl halides is 2. The Labute approximate surface area is 118 Å². The smallest absolute Gasteiger partial charge is 0.338 e. The van der Waals surface area contributed by atoms with E-state index in [-0.39, 0.29) is 0 Å². The predicted octanol–water partition coefficient (Wildman–Crippen LogP) is 3.41. The predicted molar refractivity (Wildman–Crippen MR) is 74.3 cm³/mol. The molecule has 1 aromatic heterocycles. The van der Waals surface area contributed by atoms with Crippen LogP contribution in [0, 0.1) is 0 Å². The molecular weight excluding hydrogens is 286 g/mol. The van der Waals surface area contributed by atoms with Crippen molar-refractivity contribution in [2.75, 3.05) is 18.1 Å². The Morgan fingerprint density at radius 2 is 2.30 bits per heavy atom. The van der Waals surface area contributed by atoms with Crippen LogP contribution in [0.2, 0.25) is 0 Å². The summed E-state index contributed by atoms with van der Waals surface area (Å²) in [6.07, 6.45) is -2.66. The minimum atomic E-state index is -2.66. The molecule has 0 aliphatic carbocycles. The largest absolute Gasteiger partial charge is 0.461 e. The third-order valence-corrected chi connectivity index (χ3v) is 3.47. The molecule has 7 heteroatoms. The fourth-order valence-electron chi connectivity index (χ4n) is 1.68. The molecular formula is C13H14F2N2O2S. The zero-order valence-electron chi connectivity index (χ0n) is 10.9. The zero-order valence-corrected chi connectivity index (χ0v) is 11.7. The standard InChI is InChI=1S/C13H14F2N2O2S/c1-2-20-6-5-19-13(18)8-3-4-9-10(7-8)17-12(16-9)11(14)15/h3-4,7,11H,2,5-6H2,1H3,(H,16,17). The molecule has 108 valence electrons. The van der Waals surface area contributed by atoms with E-state index in [0.717, 1.165) is 11.5 Å². The third-order valence-electron chi connectivity index (χ3n) is 2.61. The van der Waals surface area contributed by atoms with Gasteiger partial charge in [-0.15, -0.1) is 0 Å². The first-order valence-electron chi connectivity index (χ1n) is 6.14. The van der Waals surface area contributed by atoms with Gasteiger partial charge in [-0.05, 0) is 24.0 Å². The quantitative estimate of drug-likeness (QED) is 0.656. The summed E-state index contributed by atoms with van der Waals surface area (Å²) in [5, 5.41) is 0. The summed E-state index contributed by atoms with van der Waals surface area (Å²) in [6.45, 7) is 2.36. The van der Waals surface area contributed by atoms with Crippen molar-refractivity contribution in [2.24, 2.45) is 0 Å². The van der Waals surface area contributed by atoms with Crippen LogP contribution in [0.25, 0.3) is 11.0 Å². The van der Waals surface area contributed by atoms with E-state index in [1.54, 1.807) is 11.8 Å². The molecule has 1 heterocycles. The molecule has 0 radical (unpaired) electrons. The van der Waals surface area contributed by atoms with Crippen LogP contribution < -0.4 is 0 Å². The fraction of sp³-hybridized carbons (Fsp3) is 0.385. The van der Waals surface area contributed by atoms with Crippen LogP contribution in [0.4, 0.5) is 8.78 Å². The molecule has 4 nitrogen and oxygen atoms in total. The lowest BCUT2D eigenvalue weighted by atomic mass is 10.2. The number of nitrogens with zero attached hydrogens (tertiary/aromatic N) is 1. The topological polar surface area (TPSA) is 55.0 Å². The lowest BCUT2D eigenvalue weighted by Gasteiger charge is -2.03. The zero-order chi connectivity index (χ0) is 14.5. The second-order valence-corrected chi connectivity index (χ2v) is 5.38. The first-order chi connectivity index (χ1) is 9.61. The Morgan fingerprint density at radius 1 is 1.50 bits per heavy atom. The Hall–Kier alpha value is -1.63. The minimum Gasteiger partial charge on any atom is -0.461 e. The van der Waals surface area contributed by atoms with Crippen LogP contribution in [-0.4, -0.2) is 34.0 Å². The molecule has 0 saturated heterocycles. The maximum Gasteiger partial charge on any atom is 0.338 e. The van der Waals surface area contributed by atoms with Gasteiger partial charge < -0.3 is 9.72 Å². The van der Waals surface area contributed by atoms with Gasteiger partial charge in [-0.2, -0.15) is 11.8 Å².